The molecule has 0 bridgehead atoms. The first-order valence-electron chi connectivity index (χ1n) is 15.4. The van der Waals surface area contributed by atoms with Crippen LogP contribution in [0.2, 0.25) is 5.02 Å². The minimum atomic E-state index is -3.62. The molecule has 3 aromatic carbocycles. The molecule has 2 amide bonds. The molecule has 3 N–H and O–H groups in total. The Morgan fingerprint density at radius 2 is 1.73 bits per heavy atom. The summed E-state index contributed by atoms with van der Waals surface area (Å²) in [5.41, 5.74) is 7.50. The van der Waals surface area contributed by atoms with Gasteiger partial charge in [0.25, 0.3) is 0 Å². The van der Waals surface area contributed by atoms with E-state index in [1.807, 2.05) is 24.3 Å². The van der Waals surface area contributed by atoms with Gasteiger partial charge in [-0.1, -0.05) is 54.1 Å². The Morgan fingerprint density at radius 1 is 1.02 bits per heavy atom. The second-order valence-corrected chi connectivity index (χ2v) is 14.3. The fourth-order valence-corrected chi connectivity index (χ4v) is 7.43. The van der Waals surface area contributed by atoms with E-state index in [1.54, 1.807) is 61.6 Å². The van der Waals surface area contributed by atoms with E-state index in [-0.39, 0.29) is 17.4 Å². The zero-order valence-electron chi connectivity index (χ0n) is 25.7. The van der Waals surface area contributed by atoms with Crippen molar-refractivity contribution in [1.82, 2.24) is 14.1 Å². The number of piperidine rings is 1. The van der Waals surface area contributed by atoms with E-state index < -0.39 is 22.0 Å². The SMILES string of the molecule is CN(C[C@@H](CCN1CCC(CCCN(Cc2cccc(C(N)=O)c2)C(=O)O)CC1)c1cccc(Cl)c1)S(=O)(=O)c1ccccc1. The van der Waals surface area contributed by atoms with E-state index in [4.69, 9.17) is 17.3 Å². The Balaban J connectivity index is 1.27. The third kappa shape index (κ3) is 10.0. The number of rotatable bonds is 15. The molecule has 1 aliphatic rings. The highest BCUT2D eigenvalue weighted by Gasteiger charge is 2.26. The number of nitrogens with zero attached hydrogens (tertiary/aromatic N) is 3. The Kier molecular flexibility index (Phi) is 12.4. The molecule has 1 heterocycles. The molecule has 0 spiro atoms. The van der Waals surface area contributed by atoms with Crippen LogP contribution in [0.25, 0.3) is 0 Å². The highest BCUT2D eigenvalue weighted by molar-refractivity contribution is 7.89. The fraction of sp³-hybridized carbons (Fsp3) is 0.412. The fourth-order valence-electron chi connectivity index (χ4n) is 6.00. The van der Waals surface area contributed by atoms with Crippen LogP contribution >= 0.6 is 11.6 Å². The lowest BCUT2D eigenvalue weighted by atomic mass is 9.91. The summed E-state index contributed by atoms with van der Waals surface area (Å²) in [5, 5.41) is 10.4. The number of likely N-dealkylation sites (N-methyl/N-ethyl adjacent to an activating group) is 1. The Hall–Kier alpha value is -3.44. The highest BCUT2D eigenvalue weighted by Crippen LogP contribution is 2.28. The number of hydrogen-bond acceptors (Lipinski definition) is 5. The second kappa shape index (κ2) is 16.2. The van der Waals surface area contributed by atoms with Crippen molar-refractivity contribution in [2.45, 2.75) is 49.5 Å². The molecular formula is C34H43ClN4O5S. The summed E-state index contributed by atoms with van der Waals surface area (Å²) in [6.45, 7) is 3.74. The van der Waals surface area contributed by atoms with Gasteiger partial charge in [0.15, 0.2) is 0 Å². The van der Waals surface area contributed by atoms with Gasteiger partial charge in [-0.15, -0.1) is 0 Å². The summed E-state index contributed by atoms with van der Waals surface area (Å²) < 4.78 is 27.9. The van der Waals surface area contributed by atoms with Crippen LogP contribution in [0.3, 0.4) is 0 Å². The van der Waals surface area contributed by atoms with Crippen LogP contribution in [0.5, 0.6) is 0 Å². The maximum absolute atomic E-state index is 13.2. The Morgan fingerprint density at radius 3 is 2.40 bits per heavy atom. The number of hydrogen-bond donors (Lipinski definition) is 2. The topological polar surface area (TPSA) is 124 Å². The van der Waals surface area contributed by atoms with Gasteiger partial charge < -0.3 is 20.6 Å². The van der Waals surface area contributed by atoms with E-state index in [1.165, 1.54) is 9.21 Å². The largest absolute Gasteiger partial charge is 0.465 e. The Labute approximate surface area is 271 Å². The number of benzene rings is 3. The normalized spacial score (nSPS) is 15.2. The lowest BCUT2D eigenvalue weighted by Gasteiger charge is -2.34. The van der Waals surface area contributed by atoms with Gasteiger partial charge in [-0.05, 0) is 111 Å². The number of halogens is 1. The molecule has 1 fully saturated rings. The van der Waals surface area contributed by atoms with Gasteiger partial charge in [-0.25, -0.2) is 17.5 Å². The summed E-state index contributed by atoms with van der Waals surface area (Å²) in [6, 6.07) is 23.0. The number of nitrogens with two attached hydrogens (primary N) is 1. The van der Waals surface area contributed by atoms with Crippen molar-refractivity contribution in [3.8, 4) is 0 Å². The molecular weight excluding hydrogens is 612 g/mol. The third-order valence-electron chi connectivity index (χ3n) is 8.65. The molecule has 0 aromatic heterocycles. The molecule has 4 rings (SSSR count). The molecule has 45 heavy (non-hydrogen) atoms. The molecule has 0 aliphatic carbocycles. The predicted octanol–water partition coefficient (Wildman–Crippen LogP) is 5.91. The van der Waals surface area contributed by atoms with Crippen molar-refractivity contribution < 1.29 is 23.1 Å². The van der Waals surface area contributed by atoms with Gasteiger partial charge in [0, 0.05) is 37.3 Å². The third-order valence-corrected chi connectivity index (χ3v) is 10.7. The van der Waals surface area contributed by atoms with Crippen molar-refractivity contribution in [3.05, 3.63) is 101 Å². The molecule has 0 unspecified atom stereocenters. The lowest BCUT2D eigenvalue weighted by Crippen LogP contribution is -2.37. The van der Waals surface area contributed by atoms with Gasteiger partial charge in [-0.3, -0.25) is 4.79 Å². The summed E-state index contributed by atoms with van der Waals surface area (Å²) in [5.74, 6) is -0.0232. The number of carbonyl (C=O) groups is 2. The number of carbonyl (C=O) groups excluding carboxylic acids is 1. The van der Waals surface area contributed by atoms with Crippen molar-refractivity contribution in [1.29, 1.82) is 0 Å². The van der Waals surface area contributed by atoms with Crippen LogP contribution < -0.4 is 5.73 Å². The number of likely N-dealkylation sites (tertiary alicyclic amines) is 1. The van der Waals surface area contributed by atoms with E-state index in [0.29, 0.717) is 29.6 Å². The van der Waals surface area contributed by atoms with Crippen LogP contribution in [0.15, 0.2) is 83.8 Å². The maximum atomic E-state index is 13.2. The number of amides is 2. The van der Waals surface area contributed by atoms with Gasteiger partial charge in [0.1, 0.15) is 0 Å². The molecule has 0 saturated carbocycles. The van der Waals surface area contributed by atoms with Crippen molar-refractivity contribution in [3.63, 3.8) is 0 Å². The van der Waals surface area contributed by atoms with Crippen molar-refractivity contribution in [2.75, 3.05) is 39.8 Å². The van der Waals surface area contributed by atoms with Crippen molar-refractivity contribution in [2.24, 2.45) is 11.7 Å². The first-order chi connectivity index (χ1) is 21.5. The quantitative estimate of drug-likeness (QED) is 0.210. The van der Waals surface area contributed by atoms with Crippen LogP contribution in [-0.4, -0.2) is 79.4 Å². The van der Waals surface area contributed by atoms with Gasteiger partial charge in [-0.2, -0.15) is 0 Å². The molecule has 242 valence electrons. The zero-order valence-corrected chi connectivity index (χ0v) is 27.3. The minimum absolute atomic E-state index is 0.0180. The standard InChI is InChI=1S/C34H43ClN4O5S/c1-37(45(43,44)32-13-3-2-4-14-32)25-30(28-10-6-12-31(35)23-28)17-21-38-19-15-26(16-20-38)9-7-18-39(34(41)42)24-27-8-5-11-29(22-27)33(36)40/h2-6,8,10-14,22-23,26,30H,7,9,15-21,24-25H2,1H3,(H2,36,40)(H,41,42)/t30-/m1/s1. The van der Waals surface area contributed by atoms with Crippen LogP contribution in [0.4, 0.5) is 4.79 Å². The molecule has 0 radical (unpaired) electrons. The summed E-state index contributed by atoms with van der Waals surface area (Å²) in [4.78, 5) is 27.5. The van der Waals surface area contributed by atoms with Crippen LogP contribution in [0.1, 0.15) is 59.5 Å². The molecule has 3 aromatic rings. The van der Waals surface area contributed by atoms with Gasteiger partial charge in [0.05, 0.1) is 4.90 Å². The van der Waals surface area contributed by atoms with Crippen molar-refractivity contribution >= 4 is 33.6 Å². The summed E-state index contributed by atoms with van der Waals surface area (Å²) in [6.07, 6.45) is 3.61. The summed E-state index contributed by atoms with van der Waals surface area (Å²) >= 11 is 6.32. The average Bonchev–Trinajstić information content (AvgIpc) is 3.03. The van der Waals surface area contributed by atoms with E-state index in [2.05, 4.69) is 4.90 Å². The number of sulfonamides is 1. The minimum Gasteiger partial charge on any atom is -0.465 e. The zero-order chi connectivity index (χ0) is 32.4. The molecule has 1 aliphatic heterocycles. The molecule has 1 saturated heterocycles. The monoisotopic (exact) mass is 654 g/mol. The van der Waals surface area contributed by atoms with E-state index in [9.17, 15) is 23.1 Å². The first kappa shape index (κ1) is 34.4. The number of carboxylic acid groups (broad SMARTS) is 1. The first-order valence-corrected chi connectivity index (χ1v) is 17.2. The average molecular weight is 655 g/mol. The van der Waals surface area contributed by atoms with Crippen LogP contribution in [0, 0.1) is 5.92 Å². The Bertz CT molecular complexity index is 1530. The molecule has 11 heteroatoms. The predicted molar refractivity (Wildman–Crippen MR) is 177 cm³/mol. The summed E-state index contributed by atoms with van der Waals surface area (Å²) in [7, 11) is -1.98. The molecule has 1 atom stereocenters. The van der Waals surface area contributed by atoms with E-state index in [0.717, 1.165) is 62.9 Å². The highest BCUT2D eigenvalue weighted by atomic mass is 35.5. The smallest absolute Gasteiger partial charge is 0.407 e. The second-order valence-electron chi connectivity index (χ2n) is 11.8. The lowest BCUT2D eigenvalue weighted by molar-refractivity contribution is 0.1000. The number of primary amides is 1. The van der Waals surface area contributed by atoms with Gasteiger partial charge >= 0.3 is 6.09 Å². The molecule has 9 nitrogen and oxygen atoms in total. The van der Waals surface area contributed by atoms with E-state index >= 15 is 0 Å². The maximum Gasteiger partial charge on any atom is 0.407 e. The van der Waals surface area contributed by atoms with Gasteiger partial charge in [0.2, 0.25) is 15.9 Å². The van der Waals surface area contributed by atoms with Crippen LogP contribution in [-0.2, 0) is 16.6 Å².